The van der Waals surface area contributed by atoms with Crippen LogP contribution in [0.4, 0.5) is 0 Å². The first kappa shape index (κ1) is 19.1. The Bertz CT molecular complexity index is 1070. The molecule has 1 aromatic carbocycles. The van der Waals surface area contributed by atoms with Gasteiger partial charge in [0.25, 0.3) is 0 Å². The van der Waals surface area contributed by atoms with Crippen molar-refractivity contribution in [1.29, 1.82) is 0 Å². The molecular weight excluding hydrogens is 384 g/mol. The Morgan fingerprint density at radius 1 is 1.28 bits per heavy atom. The average Bonchev–Trinajstić information content (AvgIpc) is 3.38. The number of benzene rings is 1. The van der Waals surface area contributed by atoms with Crippen molar-refractivity contribution in [2.75, 3.05) is 6.54 Å². The molecule has 0 saturated heterocycles. The maximum atomic E-state index is 12.0. The monoisotopic (exact) mass is 404 g/mol. The zero-order valence-electron chi connectivity index (χ0n) is 15.9. The summed E-state index contributed by atoms with van der Waals surface area (Å²) in [5.74, 6) is 0.769. The van der Waals surface area contributed by atoms with Crippen LogP contribution in [-0.4, -0.2) is 29.3 Å². The van der Waals surface area contributed by atoms with E-state index in [1.165, 1.54) is 17.4 Å². The molecule has 3 heterocycles. The minimum Gasteiger partial charge on any atom is -0.488 e. The Kier molecular flexibility index (Phi) is 5.53. The molecule has 3 aromatic rings. The second kappa shape index (κ2) is 8.41. The van der Waals surface area contributed by atoms with Crippen molar-refractivity contribution in [2.45, 2.75) is 19.4 Å². The predicted molar refractivity (Wildman–Crippen MR) is 114 cm³/mol. The van der Waals surface area contributed by atoms with E-state index in [0.29, 0.717) is 6.54 Å². The van der Waals surface area contributed by atoms with Gasteiger partial charge in [-0.15, -0.1) is 11.3 Å². The van der Waals surface area contributed by atoms with Gasteiger partial charge in [-0.25, -0.2) is 0 Å². The molecule has 146 valence electrons. The van der Waals surface area contributed by atoms with Crippen molar-refractivity contribution in [3.63, 3.8) is 0 Å². The van der Waals surface area contributed by atoms with E-state index in [4.69, 9.17) is 4.74 Å². The van der Waals surface area contributed by atoms with Gasteiger partial charge in [-0.05, 0) is 66.1 Å². The fourth-order valence-corrected chi connectivity index (χ4v) is 4.09. The molecule has 1 unspecified atom stereocenters. The number of hydrogen-bond acceptors (Lipinski definition) is 5. The Morgan fingerprint density at radius 3 is 2.93 bits per heavy atom. The lowest BCUT2D eigenvalue weighted by molar-refractivity contribution is -0.116. The minimum atomic E-state index is -0.163. The number of aromatic nitrogens is 1. The van der Waals surface area contributed by atoms with Gasteiger partial charge >= 0.3 is 0 Å². The topological polar surface area (TPSA) is 68.3 Å². The highest BCUT2D eigenvalue weighted by Crippen LogP contribution is 2.35. The molecule has 1 amide bonds. The Balaban J connectivity index is 1.34. The molecule has 0 saturated carbocycles. The number of carbonyl (C=O) groups excluding carboxylic acids is 2. The van der Waals surface area contributed by atoms with E-state index in [1.807, 2.05) is 36.4 Å². The summed E-state index contributed by atoms with van der Waals surface area (Å²) in [6, 6.07) is 13.6. The molecule has 0 fully saturated rings. The van der Waals surface area contributed by atoms with Crippen molar-refractivity contribution in [3.8, 4) is 16.2 Å². The van der Waals surface area contributed by atoms with E-state index in [0.717, 1.165) is 38.6 Å². The third-order valence-electron chi connectivity index (χ3n) is 4.65. The molecule has 1 N–H and O–H groups in total. The molecule has 0 spiro atoms. The van der Waals surface area contributed by atoms with Gasteiger partial charge in [-0.2, -0.15) is 0 Å². The Labute approximate surface area is 173 Å². The van der Waals surface area contributed by atoms with Crippen molar-refractivity contribution < 1.29 is 14.3 Å². The van der Waals surface area contributed by atoms with E-state index in [-0.39, 0.29) is 17.8 Å². The van der Waals surface area contributed by atoms with E-state index >= 15 is 0 Å². The summed E-state index contributed by atoms with van der Waals surface area (Å²) in [4.78, 5) is 29.4. The lowest BCUT2D eigenvalue weighted by atomic mass is 10.1. The number of thiophene rings is 1. The smallest absolute Gasteiger partial charge is 0.244 e. The second-order valence-corrected chi connectivity index (χ2v) is 7.94. The second-order valence-electron chi connectivity index (χ2n) is 6.85. The number of hydrogen-bond donors (Lipinski definition) is 1. The van der Waals surface area contributed by atoms with Crippen LogP contribution < -0.4 is 10.1 Å². The molecule has 6 heteroatoms. The van der Waals surface area contributed by atoms with Crippen molar-refractivity contribution in [3.05, 3.63) is 76.9 Å². The largest absolute Gasteiger partial charge is 0.488 e. The first-order valence-corrected chi connectivity index (χ1v) is 10.2. The van der Waals surface area contributed by atoms with Gasteiger partial charge < -0.3 is 10.1 Å². The summed E-state index contributed by atoms with van der Waals surface area (Å²) >= 11 is 1.50. The number of ether oxygens (including phenoxy) is 1. The summed E-state index contributed by atoms with van der Waals surface area (Å²) in [6.45, 7) is 2.02. The normalized spacial score (nSPS) is 15.1. The van der Waals surface area contributed by atoms with Crippen molar-refractivity contribution >= 4 is 29.1 Å². The van der Waals surface area contributed by atoms with Crippen LogP contribution in [0.3, 0.4) is 0 Å². The number of fused-ring (bicyclic) bond motifs is 1. The SMILES string of the molecule is CC(=O)c1ccc(-c2ccc3c(c2)CC(CNC(=O)/C=C/c2cccnc2)O3)s1. The fourth-order valence-electron chi connectivity index (χ4n) is 3.19. The zero-order valence-corrected chi connectivity index (χ0v) is 16.7. The van der Waals surface area contributed by atoms with Gasteiger partial charge in [-0.3, -0.25) is 14.6 Å². The van der Waals surface area contributed by atoms with Crippen LogP contribution in [-0.2, 0) is 11.2 Å². The Hall–Kier alpha value is -3.25. The van der Waals surface area contributed by atoms with Gasteiger partial charge in [0.2, 0.25) is 5.91 Å². The molecule has 1 aliphatic heterocycles. The number of Topliss-reactive ketones (excluding diaryl/α,β-unsaturated/α-hetero) is 1. The van der Waals surface area contributed by atoms with Crippen LogP contribution in [0.25, 0.3) is 16.5 Å². The van der Waals surface area contributed by atoms with Crippen LogP contribution >= 0.6 is 11.3 Å². The van der Waals surface area contributed by atoms with Crippen LogP contribution in [0.1, 0.15) is 27.7 Å². The molecule has 0 radical (unpaired) electrons. The van der Waals surface area contributed by atoms with Gasteiger partial charge in [-0.1, -0.05) is 6.07 Å². The highest BCUT2D eigenvalue weighted by Gasteiger charge is 2.23. The van der Waals surface area contributed by atoms with Gasteiger partial charge in [0, 0.05) is 29.8 Å². The molecule has 5 nitrogen and oxygen atoms in total. The van der Waals surface area contributed by atoms with E-state index in [1.54, 1.807) is 25.4 Å². The number of nitrogens with zero attached hydrogens (tertiary/aromatic N) is 1. The summed E-state index contributed by atoms with van der Waals surface area (Å²) in [7, 11) is 0. The zero-order chi connectivity index (χ0) is 20.2. The molecule has 1 atom stereocenters. The fraction of sp³-hybridized carbons (Fsp3) is 0.174. The third-order valence-corrected chi connectivity index (χ3v) is 5.89. The number of nitrogens with one attached hydrogen (secondary N) is 1. The van der Waals surface area contributed by atoms with Crippen molar-refractivity contribution in [1.82, 2.24) is 10.3 Å². The number of amides is 1. The number of carbonyl (C=O) groups is 2. The lowest BCUT2D eigenvalue weighted by Gasteiger charge is -2.10. The van der Waals surface area contributed by atoms with Gasteiger partial charge in [0.05, 0.1) is 11.4 Å². The first-order valence-electron chi connectivity index (χ1n) is 9.35. The number of ketones is 1. The standard InChI is InChI=1S/C23H20N2O3S/c1-15(26)21-7-8-22(29-21)17-5-6-20-18(11-17)12-19(28-20)14-25-23(27)9-4-16-3-2-10-24-13-16/h2-11,13,19H,12,14H2,1H3,(H,25,27)/b9-4+. The molecule has 0 bridgehead atoms. The third kappa shape index (κ3) is 4.60. The molecular formula is C23H20N2O3S. The van der Waals surface area contributed by atoms with Crippen molar-refractivity contribution in [2.24, 2.45) is 0 Å². The highest BCUT2D eigenvalue weighted by molar-refractivity contribution is 7.17. The average molecular weight is 404 g/mol. The number of rotatable bonds is 6. The van der Waals surface area contributed by atoms with Crippen LogP contribution in [0.2, 0.25) is 0 Å². The molecule has 2 aromatic heterocycles. The number of pyridine rings is 1. The lowest BCUT2D eigenvalue weighted by Crippen LogP contribution is -2.33. The van der Waals surface area contributed by atoms with Crippen LogP contribution in [0.5, 0.6) is 5.75 Å². The molecule has 4 rings (SSSR count). The summed E-state index contributed by atoms with van der Waals surface area (Å²) in [6.07, 6.45) is 7.27. The van der Waals surface area contributed by atoms with Gasteiger partial charge in [0.15, 0.2) is 5.78 Å². The Morgan fingerprint density at radius 2 is 2.17 bits per heavy atom. The first-order chi connectivity index (χ1) is 14.1. The summed E-state index contributed by atoms with van der Waals surface area (Å²) < 4.78 is 5.95. The minimum absolute atomic E-state index is 0.0825. The van der Waals surface area contributed by atoms with Crippen LogP contribution in [0, 0.1) is 0 Å². The maximum absolute atomic E-state index is 12.0. The predicted octanol–water partition coefficient (Wildman–Crippen LogP) is 4.15. The summed E-state index contributed by atoms with van der Waals surface area (Å²) in [5, 5.41) is 2.89. The maximum Gasteiger partial charge on any atom is 0.244 e. The molecule has 0 aliphatic carbocycles. The van der Waals surface area contributed by atoms with E-state index in [2.05, 4.69) is 16.4 Å². The molecule has 29 heavy (non-hydrogen) atoms. The quantitative estimate of drug-likeness (QED) is 0.495. The van der Waals surface area contributed by atoms with Crippen LogP contribution in [0.15, 0.2) is 60.9 Å². The van der Waals surface area contributed by atoms with E-state index in [9.17, 15) is 9.59 Å². The molecule has 1 aliphatic rings. The highest BCUT2D eigenvalue weighted by atomic mass is 32.1. The summed E-state index contributed by atoms with van der Waals surface area (Å²) in [5.41, 5.74) is 3.07. The van der Waals surface area contributed by atoms with Gasteiger partial charge in [0.1, 0.15) is 11.9 Å². The van der Waals surface area contributed by atoms with E-state index < -0.39 is 0 Å².